The van der Waals surface area contributed by atoms with Gasteiger partial charge in [0.05, 0.1) is 92.1 Å². The Kier molecular flexibility index (Phi) is 45.4. The molecule has 0 aromatic heterocycles. The van der Waals surface area contributed by atoms with Gasteiger partial charge in [-0.25, -0.2) is 4.18 Å². The molecule has 0 saturated carbocycles. The molecule has 28 atom stereocenters. The predicted molar refractivity (Wildman–Crippen MR) is 360 cm³/mol. The fourth-order valence-corrected chi connectivity index (χ4v) is 13.1. The van der Waals surface area contributed by atoms with Crippen LogP contribution in [-0.2, 0) is 24.1 Å². The average Bonchev–Trinajstić information content (AvgIpc) is 0.817. The molecule has 0 bridgehead atoms. The third-order valence-electron chi connectivity index (χ3n) is 19.1. The molecule has 0 spiro atoms. The summed E-state index contributed by atoms with van der Waals surface area (Å²) in [7, 11) is -4.81. The number of aliphatic hydroxyl groups excluding tert-OH is 21. The molecule has 0 aromatic carbocycles. The smallest absolute Gasteiger partial charge is 0.394 e. The maximum absolute atomic E-state index is 11.5. The fraction of sp³-hybridized carbons (Fsp3) is 0.855. The minimum Gasteiger partial charge on any atom is -0.394 e. The molecule has 570 valence electrons. The number of ether oxygens (including phenoxy) is 2. The first-order chi connectivity index (χ1) is 45.7. The van der Waals surface area contributed by atoms with E-state index < -0.39 is 194 Å². The van der Waals surface area contributed by atoms with Crippen LogP contribution in [0.2, 0.25) is 0 Å². The van der Waals surface area contributed by atoms with Crippen LogP contribution in [-0.4, -0.2) is 279 Å². The van der Waals surface area contributed by atoms with Gasteiger partial charge in [-0.2, -0.15) is 8.42 Å². The highest BCUT2D eigenvalue weighted by Crippen LogP contribution is 2.33. The SMILES string of the molecule is C=C/C=C\CCCCCCCCCC/C=C\[C@H](O)[C@@H](O)[C@H]1O[C@@H]([C@@H](O)[C@@H](O)C(=C)CC[C@@H](O)[C@H]2O[C@@H](C[C@@H](O)[C@@H](O)[C@H](C)CCC[C@H](O)[C@H](O)[C@H](O)[C@H](C)CC[C@H](O)[C@H](O)[C@H](C)C[C@H](O)CCC[C@H](CCC[C@@H](O)/C=C\C[C@H](O)CO)OS(=O)(=O)O)[C@H](O)[C@@H](O)[C@@H]2O)C[C@@H](O)[C@@H]1O. The number of unbranched alkanes of at least 4 members (excludes halogenated alkanes) is 9. The first-order valence-electron chi connectivity index (χ1n) is 35.1. The summed E-state index contributed by atoms with van der Waals surface area (Å²) >= 11 is 0. The molecule has 2 saturated heterocycles. The van der Waals surface area contributed by atoms with Crippen molar-refractivity contribution in [2.75, 3.05) is 6.61 Å². The third kappa shape index (κ3) is 34.7. The van der Waals surface area contributed by atoms with Gasteiger partial charge >= 0.3 is 10.4 Å². The van der Waals surface area contributed by atoms with Crippen molar-refractivity contribution in [3.8, 4) is 0 Å². The van der Waals surface area contributed by atoms with Gasteiger partial charge in [0.25, 0.3) is 0 Å². The lowest BCUT2D eigenvalue weighted by Crippen LogP contribution is -2.61. The first kappa shape index (κ1) is 90.7. The molecule has 0 aliphatic carbocycles. The zero-order chi connectivity index (χ0) is 73.1. The van der Waals surface area contributed by atoms with E-state index in [9.17, 15) is 115 Å². The van der Waals surface area contributed by atoms with Crippen LogP contribution in [0.1, 0.15) is 194 Å². The molecule has 28 heteroatoms. The summed E-state index contributed by atoms with van der Waals surface area (Å²) in [5.74, 6) is -1.98. The van der Waals surface area contributed by atoms with Gasteiger partial charge in [0.1, 0.15) is 67.1 Å². The molecule has 2 aliphatic heterocycles. The van der Waals surface area contributed by atoms with Gasteiger partial charge < -0.3 is 117 Å². The maximum Gasteiger partial charge on any atom is 0.397 e. The van der Waals surface area contributed by atoms with Gasteiger partial charge in [-0.05, 0) is 139 Å². The van der Waals surface area contributed by atoms with Crippen molar-refractivity contribution in [1.29, 1.82) is 0 Å². The second kappa shape index (κ2) is 48.6. The minimum absolute atomic E-state index is 0.0288. The monoisotopic (exact) mass is 1420 g/mol. The van der Waals surface area contributed by atoms with E-state index in [-0.39, 0.29) is 102 Å². The molecular weight excluding hydrogens is 1290 g/mol. The number of allylic oxidation sites excluding steroid dienone is 4. The van der Waals surface area contributed by atoms with Gasteiger partial charge in [-0.1, -0.05) is 121 Å². The van der Waals surface area contributed by atoms with E-state index in [0.717, 1.165) is 44.9 Å². The highest BCUT2D eigenvalue weighted by Gasteiger charge is 2.49. The van der Waals surface area contributed by atoms with Crippen LogP contribution in [0.25, 0.3) is 0 Å². The Morgan fingerprint density at radius 3 is 1.72 bits per heavy atom. The standard InChI is InChI=1S/C69H126O27S/c1-6-7-8-9-10-11-12-13-14-15-16-17-18-19-31-50(75)62(85)69-63(86)54(79)39-55(95-69)64(87)60(83)43(4)34-36-52(77)68-67(90)66(89)65(88)56(94-68)38-53(78)57(80)41(2)24-20-32-49(74)61(84)59(82)42(3)33-35-51(76)58(81)44(5)37-46(72)27-23-30-48(96-97(91,92)93)29-22-26-45(71)25-21-28-47(73)40-70/h6-8,19,21,25,31,41-42,44-90H,1,4,9-18,20,22-24,26-30,32-40H2,2-3,5H3,(H,91,92,93)/b8-7-,25-21-,31-19-/t41-,42-,44-,45+,46-,47+,48+,49+,50+,51+,52-,53-,54-,55-,56+,57+,58-,59-,60+,61+,62-,63+,64-,65+,66-,67+,68-,69-/m1/s1. The van der Waals surface area contributed by atoms with Crippen LogP contribution in [0.3, 0.4) is 0 Å². The Morgan fingerprint density at radius 2 is 1.11 bits per heavy atom. The van der Waals surface area contributed by atoms with Crippen molar-refractivity contribution >= 4 is 10.4 Å². The van der Waals surface area contributed by atoms with E-state index in [0.29, 0.717) is 12.8 Å². The Hall–Kier alpha value is -2.35. The average molecular weight is 1420 g/mol. The van der Waals surface area contributed by atoms with Crippen molar-refractivity contribution in [3.63, 3.8) is 0 Å². The molecule has 2 rings (SSSR count). The van der Waals surface area contributed by atoms with Crippen LogP contribution in [0, 0.1) is 17.8 Å². The molecule has 2 heterocycles. The zero-order valence-electron chi connectivity index (χ0n) is 57.2. The summed E-state index contributed by atoms with van der Waals surface area (Å²) in [5, 5.41) is 225. The van der Waals surface area contributed by atoms with Crippen LogP contribution < -0.4 is 0 Å². The van der Waals surface area contributed by atoms with Crippen molar-refractivity contribution in [2.24, 2.45) is 17.8 Å². The first-order valence-corrected chi connectivity index (χ1v) is 36.5. The van der Waals surface area contributed by atoms with Crippen molar-refractivity contribution in [2.45, 2.75) is 347 Å². The molecule has 0 amide bonds. The molecule has 2 fully saturated rings. The second-order valence-corrected chi connectivity index (χ2v) is 28.6. The van der Waals surface area contributed by atoms with Crippen LogP contribution in [0.4, 0.5) is 0 Å². The predicted octanol–water partition coefficient (Wildman–Crippen LogP) is 0.771. The Labute approximate surface area is 574 Å². The lowest BCUT2D eigenvalue weighted by atomic mass is 9.85. The molecule has 0 aromatic rings. The van der Waals surface area contributed by atoms with E-state index >= 15 is 0 Å². The quantitative estimate of drug-likeness (QED) is 0.0173. The van der Waals surface area contributed by atoms with Gasteiger partial charge in [-0.15, -0.1) is 0 Å². The van der Waals surface area contributed by atoms with Crippen molar-refractivity contribution in [1.82, 2.24) is 0 Å². The normalized spacial score (nSPS) is 27.4. The van der Waals surface area contributed by atoms with E-state index in [4.69, 9.17) is 18.8 Å². The lowest BCUT2D eigenvalue weighted by Gasteiger charge is -2.43. The zero-order valence-corrected chi connectivity index (χ0v) is 58.0. The molecule has 2 aliphatic rings. The van der Waals surface area contributed by atoms with Crippen LogP contribution in [0.15, 0.2) is 61.3 Å². The Morgan fingerprint density at radius 1 is 0.546 bits per heavy atom. The van der Waals surface area contributed by atoms with E-state index in [1.165, 1.54) is 31.1 Å². The Bertz CT molecular complexity index is 2280. The lowest BCUT2D eigenvalue weighted by molar-refractivity contribution is -0.250. The molecule has 27 nitrogen and oxygen atoms in total. The van der Waals surface area contributed by atoms with Gasteiger partial charge in [-0.3, -0.25) is 4.55 Å². The molecular formula is C69H126O27S. The summed E-state index contributed by atoms with van der Waals surface area (Å²) in [6.45, 7) is 11.8. The van der Waals surface area contributed by atoms with Gasteiger partial charge in [0.15, 0.2) is 0 Å². The summed E-state index contributed by atoms with van der Waals surface area (Å²) in [6.07, 6.45) is -14.4. The van der Waals surface area contributed by atoms with Crippen molar-refractivity contribution in [3.05, 3.63) is 61.3 Å². The second-order valence-electron chi connectivity index (χ2n) is 27.5. The number of hydrogen-bond acceptors (Lipinski definition) is 26. The molecule has 0 unspecified atom stereocenters. The van der Waals surface area contributed by atoms with E-state index in [1.54, 1.807) is 32.9 Å². The van der Waals surface area contributed by atoms with E-state index in [1.807, 2.05) is 6.08 Å². The third-order valence-corrected chi connectivity index (χ3v) is 19.6. The fourth-order valence-electron chi connectivity index (χ4n) is 12.6. The minimum atomic E-state index is -4.81. The van der Waals surface area contributed by atoms with Gasteiger partial charge in [0, 0.05) is 12.8 Å². The summed E-state index contributed by atoms with van der Waals surface area (Å²) < 4.78 is 48.6. The summed E-state index contributed by atoms with van der Waals surface area (Å²) in [4.78, 5) is 0. The highest BCUT2D eigenvalue weighted by molar-refractivity contribution is 7.80. The van der Waals surface area contributed by atoms with Gasteiger partial charge in [0.2, 0.25) is 0 Å². The molecule has 22 N–H and O–H groups in total. The Balaban J connectivity index is 1.81. The maximum atomic E-state index is 11.5. The largest absolute Gasteiger partial charge is 0.397 e. The summed E-state index contributed by atoms with van der Waals surface area (Å²) in [5.41, 5.74) is -0.0510. The van der Waals surface area contributed by atoms with E-state index in [2.05, 4.69) is 19.2 Å². The highest BCUT2D eigenvalue weighted by atomic mass is 32.3. The number of hydrogen-bond donors (Lipinski definition) is 22. The number of aliphatic hydroxyl groups is 21. The van der Waals surface area contributed by atoms with Crippen LogP contribution >= 0.6 is 0 Å². The number of rotatable bonds is 54. The summed E-state index contributed by atoms with van der Waals surface area (Å²) in [6, 6.07) is 0. The van der Waals surface area contributed by atoms with Crippen LogP contribution in [0.5, 0.6) is 0 Å². The van der Waals surface area contributed by atoms with Crippen molar-refractivity contribution < 1.29 is 134 Å². The molecule has 0 radical (unpaired) electrons. The molecule has 97 heavy (non-hydrogen) atoms. The topological polar surface area (TPSA) is 507 Å².